The van der Waals surface area contributed by atoms with Crippen LogP contribution >= 0.6 is 0 Å². The van der Waals surface area contributed by atoms with Crippen molar-refractivity contribution < 1.29 is 21.1 Å². The van der Waals surface area contributed by atoms with Gasteiger partial charge in [0.05, 0.1) is 0 Å². The fourth-order valence-electron chi connectivity index (χ4n) is 3.69. The van der Waals surface area contributed by atoms with E-state index in [-0.39, 0.29) is 21.1 Å². The van der Waals surface area contributed by atoms with Crippen LogP contribution in [0.3, 0.4) is 0 Å². The molecule has 144 valence electrons. The van der Waals surface area contributed by atoms with Gasteiger partial charge in [0.25, 0.3) is 0 Å². The standard InChI is InChI=1S/C26H20N2.Pt/c1-5-19-13-14-23-9-3-10-24(27-23)15-16-25-11-4-12-26(28-25)22-8-2-7-21(18-22)20(6-1)17-19;/h1-12H,13-16H2;/q-2;+2. The van der Waals surface area contributed by atoms with Crippen LogP contribution in [0.25, 0.3) is 22.4 Å². The Morgan fingerprint density at radius 1 is 0.517 bits per heavy atom. The molecule has 29 heavy (non-hydrogen) atoms. The fourth-order valence-corrected chi connectivity index (χ4v) is 3.69. The largest absolute Gasteiger partial charge is 2.00 e. The van der Waals surface area contributed by atoms with Crippen LogP contribution in [0, 0.1) is 12.1 Å². The van der Waals surface area contributed by atoms with Crippen molar-refractivity contribution in [3.63, 3.8) is 0 Å². The van der Waals surface area contributed by atoms with Crippen LogP contribution in [0.15, 0.2) is 72.8 Å². The maximum absolute atomic E-state index is 4.88. The summed E-state index contributed by atoms with van der Waals surface area (Å²) in [6.45, 7) is 0. The molecule has 4 aromatic rings. The van der Waals surface area contributed by atoms with Gasteiger partial charge in [0.2, 0.25) is 0 Å². The molecule has 5 rings (SSSR count). The first kappa shape index (κ1) is 19.7. The van der Waals surface area contributed by atoms with E-state index in [2.05, 4.69) is 84.9 Å². The molecule has 0 amide bonds. The van der Waals surface area contributed by atoms with Gasteiger partial charge >= 0.3 is 21.1 Å². The maximum atomic E-state index is 4.88. The molecule has 0 spiro atoms. The Kier molecular flexibility index (Phi) is 6.02. The molecule has 1 aliphatic rings. The number of rotatable bonds is 0. The molecule has 0 N–H and O–H groups in total. The first-order valence-electron chi connectivity index (χ1n) is 9.78. The van der Waals surface area contributed by atoms with E-state index in [1.165, 1.54) is 5.56 Å². The molecular formula is C26H20N2Pt. The van der Waals surface area contributed by atoms with Crippen LogP contribution in [-0.4, -0.2) is 9.97 Å². The molecule has 3 heterocycles. The summed E-state index contributed by atoms with van der Waals surface area (Å²) in [7, 11) is 0. The van der Waals surface area contributed by atoms with Gasteiger partial charge in [0.15, 0.2) is 0 Å². The number of fused-ring (bicyclic) bond motifs is 10. The Morgan fingerprint density at radius 3 is 1.86 bits per heavy atom. The zero-order chi connectivity index (χ0) is 18.8. The molecule has 2 nitrogen and oxygen atoms in total. The van der Waals surface area contributed by atoms with Crippen LogP contribution < -0.4 is 0 Å². The van der Waals surface area contributed by atoms with Crippen LogP contribution in [0.2, 0.25) is 0 Å². The molecule has 0 fully saturated rings. The number of pyridine rings is 2. The Hall–Kier alpha value is -2.57. The average molecular weight is 556 g/mol. The van der Waals surface area contributed by atoms with Crippen molar-refractivity contribution in [2.45, 2.75) is 25.7 Å². The van der Waals surface area contributed by atoms with Gasteiger partial charge in [-0.2, -0.15) is 35.9 Å². The maximum Gasteiger partial charge on any atom is 2.00 e. The fraction of sp³-hybridized carbons (Fsp3) is 0.154. The summed E-state index contributed by atoms with van der Waals surface area (Å²) in [5.74, 6) is 0. The van der Waals surface area contributed by atoms with Gasteiger partial charge < -0.3 is 0 Å². The SMILES string of the molecule is [Pt+2].[c-]1c2cccc1-c1[c-]c(ccc1)-c1cccc(n1)CCc1cccc(n1)CC2. The third-order valence-corrected chi connectivity index (χ3v) is 5.18. The van der Waals surface area contributed by atoms with Gasteiger partial charge in [0, 0.05) is 22.8 Å². The van der Waals surface area contributed by atoms with E-state index in [4.69, 9.17) is 9.97 Å². The molecule has 0 aliphatic carbocycles. The summed E-state index contributed by atoms with van der Waals surface area (Å²) in [6.07, 6.45) is 3.64. The number of hydrogen-bond acceptors (Lipinski definition) is 2. The number of aryl methyl sites for hydroxylation is 4. The average Bonchev–Trinajstić information content (AvgIpc) is 2.77. The predicted octanol–water partition coefficient (Wildman–Crippen LogP) is 5.29. The van der Waals surface area contributed by atoms with E-state index in [0.29, 0.717) is 0 Å². The van der Waals surface area contributed by atoms with Crippen LogP contribution in [0.4, 0.5) is 0 Å². The number of aromatic nitrogens is 2. The minimum absolute atomic E-state index is 0. The number of nitrogens with zero attached hydrogens (tertiary/aromatic N) is 2. The van der Waals surface area contributed by atoms with Gasteiger partial charge in [0.1, 0.15) is 0 Å². The van der Waals surface area contributed by atoms with Crippen molar-refractivity contribution in [2.75, 3.05) is 0 Å². The van der Waals surface area contributed by atoms with Crippen molar-refractivity contribution in [3.8, 4) is 22.4 Å². The van der Waals surface area contributed by atoms with Gasteiger partial charge in [-0.1, -0.05) is 18.2 Å². The summed E-state index contributed by atoms with van der Waals surface area (Å²) >= 11 is 0. The minimum Gasteiger partial charge on any atom is -0.292 e. The van der Waals surface area contributed by atoms with Crippen LogP contribution in [0.1, 0.15) is 22.6 Å². The molecule has 1 aliphatic heterocycles. The van der Waals surface area contributed by atoms with Crippen molar-refractivity contribution in [2.24, 2.45) is 0 Å². The summed E-state index contributed by atoms with van der Waals surface area (Å²) in [5, 5.41) is 0. The third-order valence-electron chi connectivity index (χ3n) is 5.18. The zero-order valence-corrected chi connectivity index (χ0v) is 18.2. The molecule has 2 aromatic carbocycles. The Bertz CT molecular complexity index is 1050. The number of hydrogen-bond donors (Lipinski definition) is 0. The van der Waals surface area contributed by atoms with E-state index in [1.54, 1.807) is 0 Å². The summed E-state index contributed by atoms with van der Waals surface area (Å²) in [4.78, 5) is 9.73. The normalized spacial score (nSPS) is 12.7. The molecule has 2 aromatic heterocycles. The molecule has 0 radical (unpaired) electrons. The zero-order valence-electron chi connectivity index (χ0n) is 16.0. The Balaban J connectivity index is 0.00000205. The van der Waals surface area contributed by atoms with Gasteiger partial charge in [-0.25, -0.2) is 5.56 Å². The van der Waals surface area contributed by atoms with Crippen molar-refractivity contribution >= 4 is 0 Å². The summed E-state index contributed by atoms with van der Waals surface area (Å²) < 4.78 is 0. The first-order valence-corrected chi connectivity index (χ1v) is 9.78. The van der Waals surface area contributed by atoms with Gasteiger partial charge in [-0.15, -0.1) is 29.3 Å². The molecule has 0 saturated carbocycles. The van der Waals surface area contributed by atoms with Gasteiger partial charge in [-0.05, 0) is 43.9 Å². The predicted molar refractivity (Wildman–Crippen MR) is 112 cm³/mol. The van der Waals surface area contributed by atoms with E-state index >= 15 is 0 Å². The molecule has 0 saturated heterocycles. The second kappa shape index (κ2) is 8.84. The van der Waals surface area contributed by atoms with Crippen LogP contribution in [0.5, 0.6) is 0 Å². The van der Waals surface area contributed by atoms with Crippen molar-refractivity contribution in [1.82, 2.24) is 9.97 Å². The van der Waals surface area contributed by atoms with Crippen LogP contribution in [-0.2, 0) is 46.7 Å². The summed E-state index contributed by atoms with van der Waals surface area (Å²) in [6, 6.07) is 32.3. The monoisotopic (exact) mass is 555 g/mol. The molecule has 0 unspecified atom stereocenters. The Labute approximate surface area is 186 Å². The minimum atomic E-state index is 0. The molecule has 0 atom stereocenters. The van der Waals surface area contributed by atoms with E-state index < -0.39 is 0 Å². The molecular weight excluding hydrogens is 535 g/mol. The summed E-state index contributed by atoms with van der Waals surface area (Å²) in [5.41, 5.74) is 8.67. The second-order valence-electron chi connectivity index (χ2n) is 7.20. The first-order chi connectivity index (χ1) is 13.8. The second-order valence-corrected chi connectivity index (χ2v) is 7.20. The van der Waals surface area contributed by atoms with E-state index in [0.717, 1.165) is 65.1 Å². The van der Waals surface area contributed by atoms with E-state index in [1.807, 2.05) is 0 Å². The van der Waals surface area contributed by atoms with E-state index in [9.17, 15) is 0 Å². The van der Waals surface area contributed by atoms with Crippen molar-refractivity contribution in [3.05, 3.63) is 108 Å². The topological polar surface area (TPSA) is 25.8 Å². The smallest absolute Gasteiger partial charge is 0.292 e. The van der Waals surface area contributed by atoms with Gasteiger partial charge in [-0.3, -0.25) is 9.97 Å². The quantitative estimate of drug-likeness (QED) is 0.276. The molecule has 8 bridgehead atoms. The number of benzene rings is 2. The van der Waals surface area contributed by atoms with Crippen molar-refractivity contribution in [1.29, 1.82) is 0 Å². The Morgan fingerprint density at radius 2 is 1.07 bits per heavy atom. The third kappa shape index (κ3) is 4.54. The molecule has 3 heteroatoms.